The van der Waals surface area contributed by atoms with Crippen LogP contribution in [-0.4, -0.2) is 60.3 Å². The third kappa shape index (κ3) is 7.52. The van der Waals surface area contributed by atoms with Crippen molar-refractivity contribution in [2.24, 2.45) is 0 Å². The van der Waals surface area contributed by atoms with Crippen LogP contribution in [0.3, 0.4) is 0 Å². The molecule has 3 N–H and O–H groups in total. The van der Waals surface area contributed by atoms with E-state index in [1.165, 1.54) is 57.2 Å². The second kappa shape index (κ2) is 13.0. The number of hydrogen-bond acceptors (Lipinski definition) is 5. The lowest BCUT2D eigenvalue weighted by molar-refractivity contribution is 0.0721. The minimum atomic E-state index is -0.0405. The maximum atomic E-state index is 13.4. The molecule has 8 nitrogen and oxygen atoms in total. The van der Waals surface area contributed by atoms with Crippen LogP contribution in [0.1, 0.15) is 86.9 Å². The lowest BCUT2D eigenvalue weighted by atomic mass is 9.80. The molecule has 0 saturated heterocycles. The zero-order valence-electron chi connectivity index (χ0n) is 22.7. The minimum Gasteiger partial charge on any atom is -0.347 e. The molecular formula is C29H43N7O. The Bertz CT molecular complexity index is 1010. The Balaban J connectivity index is 1.32. The van der Waals surface area contributed by atoms with Gasteiger partial charge in [-0.1, -0.05) is 26.0 Å². The van der Waals surface area contributed by atoms with Crippen molar-refractivity contribution in [2.75, 3.05) is 13.1 Å². The van der Waals surface area contributed by atoms with Crippen LogP contribution >= 0.6 is 0 Å². The number of carbonyl (C=O) groups excluding carboxylic acids is 1. The zero-order chi connectivity index (χ0) is 26.1. The number of benzene rings is 1. The summed E-state index contributed by atoms with van der Waals surface area (Å²) in [5, 5.41) is 3.83. The largest absolute Gasteiger partial charge is 0.347 e. The molecule has 0 unspecified atom stereocenters. The van der Waals surface area contributed by atoms with E-state index in [0.29, 0.717) is 18.7 Å². The summed E-state index contributed by atoms with van der Waals surface area (Å²) in [6, 6.07) is 8.73. The number of nitrogens with zero attached hydrogens (tertiary/aromatic N) is 4. The minimum absolute atomic E-state index is 0.0405. The molecule has 1 amide bonds. The van der Waals surface area contributed by atoms with Crippen molar-refractivity contribution in [3.63, 3.8) is 0 Å². The molecule has 4 rings (SSSR count). The summed E-state index contributed by atoms with van der Waals surface area (Å²) >= 11 is 0. The Labute approximate surface area is 221 Å². The summed E-state index contributed by atoms with van der Waals surface area (Å²) in [4.78, 5) is 32.6. The maximum absolute atomic E-state index is 13.4. The van der Waals surface area contributed by atoms with E-state index in [2.05, 4.69) is 63.1 Å². The predicted octanol–water partition coefficient (Wildman–Crippen LogP) is 4.89. The standard InChI is InChI=1S/C29H43N7O/c1-4-18-35(19-5-2)25-10-12-29(3,13-11-25)34-20-23-6-8-24(9-7-23)28(37)36(21-26-30-14-15-31-26)22-27-32-16-17-33-27/h6-9,14-17,25,34H,4-5,10-13,18-22H2,1-3H3,(H,30,31)(H,32,33). The third-order valence-electron chi connectivity index (χ3n) is 7.60. The van der Waals surface area contributed by atoms with Crippen molar-refractivity contribution < 1.29 is 4.79 Å². The molecule has 3 aromatic rings. The highest BCUT2D eigenvalue weighted by molar-refractivity contribution is 5.94. The molecule has 37 heavy (non-hydrogen) atoms. The lowest BCUT2D eigenvalue weighted by Crippen LogP contribution is -2.49. The zero-order valence-corrected chi connectivity index (χ0v) is 22.7. The number of imidazole rings is 2. The van der Waals surface area contributed by atoms with Gasteiger partial charge in [0.25, 0.3) is 5.91 Å². The Kier molecular flexibility index (Phi) is 9.52. The van der Waals surface area contributed by atoms with Gasteiger partial charge in [0.05, 0.1) is 13.1 Å². The van der Waals surface area contributed by atoms with Crippen LogP contribution in [0.15, 0.2) is 49.1 Å². The van der Waals surface area contributed by atoms with Gasteiger partial charge in [-0.25, -0.2) is 9.97 Å². The molecule has 1 aliphatic carbocycles. The number of aromatic amines is 2. The van der Waals surface area contributed by atoms with Gasteiger partial charge in [0, 0.05) is 48.5 Å². The van der Waals surface area contributed by atoms with Crippen LogP contribution in [0.25, 0.3) is 0 Å². The highest BCUT2D eigenvalue weighted by Crippen LogP contribution is 2.31. The fraction of sp³-hybridized carbons (Fsp3) is 0.552. The summed E-state index contributed by atoms with van der Waals surface area (Å²) in [6.45, 7) is 11.0. The average Bonchev–Trinajstić information content (AvgIpc) is 3.62. The van der Waals surface area contributed by atoms with E-state index in [0.717, 1.165) is 24.2 Å². The second-order valence-electron chi connectivity index (χ2n) is 10.6. The van der Waals surface area contributed by atoms with Gasteiger partial charge in [0.2, 0.25) is 0 Å². The molecule has 2 aromatic heterocycles. The topological polar surface area (TPSA) is 92.9 Å². The van der Waals surface area contributed by atoms with Gasteiger partial charge in [0.15, 0.2) is 0 Å². The first-order valence-electron chi connectivity index (χ1n) is 13.8. The van der Waals surface area contributed by atoms with Gasteiger partial charge < -0.3 is 25.1 Å². The van der Waals surface area contributed by atoms with E-state index < -0.39 is 0 Å². The van der Waals surface area contributed by atoms with Gasteiger partial charge in [-0.15, -0.1) is 0 Å². The molecule has 1 saturated carbocycles. The molecule has 0 aliphatic heterocycles. The summed E-state index contributed by atoms with van der Waals surface area (Å²) in [6.07, 6.45) is 14.3. The molecule has 200 valence electrons. The molecule has 0 bridgehead atoms. The van der Waals surface area contributed by atoms with Gasteiger partial charge in [-0.3, -0.25) is 4.79 Å². The summed E-state index contributed by atoms with van der Waals surface area (Å²) < 4.78 is 0. The number of rotatable bonds is 13. The summed E-state index contributed by atoms with van der Waals surface area (Å²) in [5.41, 5.74) is 2.03. The van der Waals surface area contributed by atoms with E-state index in [4.69, 9.17) is 0 Å². The summed E-state index contributed by atoms with van der Waals surface area (Å²) in [5.74, 6) is 1.45. The Morgan fingerprint density at radius 3 is 2.03 bits per heavy atom. The number of hydrogen-bond donors (Lipinski definition) is 3. The maximum Gasteiger partial charge on any atom is 0.254 e. The van der Waals surface area contributed by atoms with Gasteiger partial charge in [0.1, 0.15) is 11.6 Å². The number of amides is 1. The first-order valence-corrected chi connectivity index (χ1v) is 13.8. The number of H-pyrrole nitrogens is 2. The van der Waals surface area contributed by atoms with Crippen molar-refractivity contribution in [1.29, 1.82) is 0 Å². The van der Waals surface area contributed by atoms with Crippen LogP contribution < -0.4 is 5.32 Å². The predicted molar refractivity (Wildman–Crippen MR) is 147 cm³/mol. The molecule has 0 radical (unpaired) electrons. The number of nitrogens with one attached hydrogen (secondary N) is 3. The Morgan fingerprint density at radius 1 is 0.973 bits per heavy atom. The van der Waals surface area contributed by atoms with Crippen molar-refractivity contribution in [1.82, 2.24) is 35.1 Å². The molecule has 1 aliphatic rings. The Morgan fingerprint density at radius 2 is 1.54 bits per heavy atom. The SMILES string of the molecule is CCCN(CCC)C1CCC(C)(NCc2ccc(C(=O)N(Cc3ncc[nH]3)Cc3ncc[nH]3)cc2)CC1. The first-order chi connectivity index (χ1) is 18.0. The highest BCUT2D eigenvalue weighted by atomic mass is 16.2. The first kappa shape index (κ1) is 27.1. The molecule has 1 aromatic carbocycles. The average molecular weight is 506 g/mol. The second-order valence-corrected chi connectivity index (χ2v) is 10.6. The molecule has 2 heterocycles. The van der Waals surface area contributed by atoms with E-state index in [-0.39, 0.29) is 11.4 Å². The summed E-state index contributed by atoms with van der Waals surface area (Å²) in [7, 11) is 0. The van der Waals surface area contributed by atoms with E-state index >= 15 is 0 Å². The quantitative estimate of drug-likeness (QED) is 0.308. The van der Waals surface area contributed by atoms with Gasteiger partial charge in [-0.05, 0) is 76.2 Å². The normalized spacial score (nSPS) is 19.8. The van der Waals surface area contributed by atoms with Crippen molar-refractivity contribution in [3.8, 4) is 0 Å². The van der Waals surface area contributed by atoms with Crippen LogP contribution in [0.4, 0.5) is 0 Å². The van der Waals surface area contributed by atoms with Crippen LogP contribution in [0.2, 0.25) is 0 Å². The van der Waals surface area contributed by atoms with Gasteiger partial charge >= 0.3 is 0 Å². The van der Waals surface area contributed by atoms with E-state index in [1.807, 2.05) is 12.1 Å². The van der Waals surface area contributed by atoms with E-state index in [1.54, 1.807) is 29.7 Å². The molecule has 0 atom stereocenters. The lowest BCUT2D eigenvalue weighted by Gasteiger charge is -2.42. The molecule has 1 fully saturated rings. The van der Waals surface area contributed by atoms with Crippen LogP contribution in [0.5, 0.6) is 0 Å². The molecular weight excluding hydrogens is 462 g/mol. The van der Waals surface area contributed by atoms with Crippen molar-refractivity contribution in [2.45, 2.75) is 90.5 Å². The fourth-order valence-corrected chi connectivity index (χ4v) is 5.43. The van der Waals surface area contributed by atoms with Gasteiger partial charge in [-0.2, -0.15) is 0 Å². The van der Waals surface area contributed by atoms with Crippen molar-refractivity contribution >= 4 is 5.91 Å². The Hall–Kier alpha value is -2.97. The fourth-order valence-electron chi connectivity index (χ4n) is 5.43. The molecule has 8 heteroatoms. The highest BCUT2D eigenvalue weighted by Gasteiger charge is 2.32. The number of aromatic nitrogens is 4. The van der Waals surface area contributed by atoms with Crippen LogP contribution in [0, 0.1) is 0 Å². The smallest absolute Gasteiger partial charge is 0.254 e. The number of carbonyl (C=O) groups is 1. The van der Waals surface area contributed by atoms with Crippen molar-refractivity contribution in [3.05, 3.63) is 71.8 Å². The van der Waals surface area contributed by atoms with Crippen LogP contribution in [-0.2, 0) is 19.6 Å². The van der Waals surface area contributed by atoms with E-state index in [9.17, 15) is 4.79 Å². The monoisotopic (exact) mass is 505 g/mol. The third-order valence-corrected chi connectivity index (χ3v) is 7.60. The molecule has 0 spiro atoms.